The molecule has 0 amide bonds. The van der Waals surface area contributed by atoms with Crippen molar-refractivity contribution in [2.45, 2.75) is 19.9 Å². The van der Waals surface area contributed by atoms with Crippen LogP contribution >= 0.6 is 0 Å². The zero-order valence-electron chi connectivity index (χ0n) is 14.2. The molecule has 0 fully saturated rings. The zero-order chi connectivity index (χ0) is 18.5. The number of hydrogen-bond donors (Lipinski definition) is 1. The van der Waals surface area contributed by atoms with Crippen molar-refractivity contribution in [3.8, 4) is 11.6 Å². The van der Waals surface area contributed by atoms with E-state index in [0.29, 0.717) is 24.4 Å². The Morgan fingerprint density at radius 2 is 1.96 bits per heavy atom. The van der Waals surface area contributed by atoms with Crippen LogP contribution < -0.4 is 21.3 Å². The first-order valence-electron chi connectivity index (χ1n) is 8.22. The molecule has 2 aromatic heterocycles. The number of hydrogen-bond acceptors (Lipinski definition) is 4. The van der Waals surface area contributed by atoms with Gasteiger partial charge in [0.1, 0.15) is 0 Å². The van der Waals surface area contributed by atoms with Crippen LogP contribution in [0.5, 0.6) is 5.88 Å². The number of nitrogens with one attached hydrogen (secondary N) is 2. The van der Waals surface area contributed by atoms with Crippen molar-refractivity contribution in [1.82, 2.24) is 9.55 Å². The molecule has 0 unspecified atom stereocenters. The minimum absolute atomic E-state index is 0.101. The standard InChI is InChI=1S/C19H18N4O3/c1-2-15(21-12-13-7-6-10-20-11-13)16-17(24)22-19(26)23(18(16)25)14-8-4-3-5-9-14/h3-11,25H,2,12H2,1H3,(H,22,24,26). The van der Waals surface area contributed by atoms with Gasteiger partial charge in [0.05, 0.1) is 12.1 Å². The Balaban J connectivity index is 2.11. The number of pyridine rings is 1. The summed E-state index contributed by atoms with van der Waals surface area (Å²) >= 11 is 0. The van der Waals surface area contributed by atoms with Gasteiger partial charge in [-0.2, -0.15) is 0 Å². The Hall–Kier alpha value is -3.48. The van der Waals surface area contributed by atoms with Crippen LogP contribution in [0.1, 0.15) is 24.5 Å². The number of benzene rings is 1. The van der Waals surface area contributed by atoms with Gasteiger partial charge in [0.15, 0.2) is 12.4 Å². The van der Waals surface area contributed by atoms with Gasteiger partial charge < -0.3 is 5.11 Å². The van der Waals surface area contributed by atoms with Crippen molar-refractivity contribution in [3.63, 3.8) is 0 Å². The van der Waals surface area contributed by atoms with E-state index in [0.717, 1.165) is 10.1 Å². The molecule has 26 heavy (non-hydrogen) atoms. The van der Waals surface area contributed by atoms with E-state index in [-0.39, 0.29) is 5.56 Å². The number of aromatic nitrogens is 3. The van der Waals surface area contributed by atoms with Crippen molar-refractivity contribution in [3.05, 3.63) is 86.8 Å². The molecule has 0 saturated carbocycles. The van der Waals surface area contributed by atoms with Gasteiger partial charge in [-0.05, 0) is 30.5 Å². The maximum absolute atomic E-state index is 12.9. The highest BCUT2D eigenvalue weighted by atomic mass is 16.3. The van der Waals surface area contributed by atoms with E-state index >= 15 is 0 Å². The molecule has 0 spiro atoms. The molecule has 1 aromatic carbocycles. The minimum Gasteiger partial charge on any atom is -0.859 e. The maximum atomic E-state index is 12.9. The molecule has 3 aromatic rings. The molecule has 0 saturated heterocycles. The molecule has 0 aliphatic heterocycles. The minimum atomic E-state index is -0.761. The largest absolute Gasteiger partial charge is 0.859 e. The summed E-state index contributed by atoms with van der Waals surface area (Å²) in [5.74, 6) is -0.662. The molecule has 7 heteroatoms. The third kappa shape index (κ3) is 3.46. The van der Waals surface area contributed by atoms with Crippen LogP contribution in [0.15, 0.2) is 69.4 Å². The molecule has 3 rings (SSSR count). The van der Waals surface area contributed by atoms with Crippen LogP contribution in [0.4, 0.5) is 0 Å². The number of rotatable bonds is 5. The summed E-state index contributed by atoms with van der Waals surface area (Å²) in [6.45, 7) is 2.14. The molecule has 132 valence electrons. The van der Waals surface area contributed by atoms with E-state index < -0.39 is 17.1 Å². The van der Waals surface area contributed by atoms with E-state index in [4.69, 9.17) is 0 Å². The lowest BCUT2D eigenvalue weighted by atomic mass is 10.1. The lowest BCUT2D eigenvalue weighted by Crippen LogP contribution is -2.35. The van der Waals surface area contributed by atoms with Gasteiger partial charge in [-0.15, -0.1) is 0 Å². The van der Waals surface area contributed by atoms with E-state index in [1.54, 1.807) is 42.7 Å². The molecule has 7 nitrogen and oxygen atoms in total. The normalized spacial score (nSPS) is 11.5. The fraction of sp³-hybridized carbons (Fsp3) is 0.158. The fourth-order valence-corrected chi connectivity index (χ4v) is 2.67. The topological polar surface area (TPSA) is 104 Å². The van der Waals surface area contributed by atoms with Crippen LogP contribution in [-0.2, 0) is 6.54 Å². The number of nitrogens with zero attached hydrogens (tertiary/aromatic N) is 2. The molecular formula is C19H18N4O3. The number of aliphatic imine (C=N–C) groups is 1. The van der Waals surface area contributed by atoms with Gasteiger partial charge in [0.2, 0.25) is 0 Å². The summed E-state index contributed by atoms with van der Waals surface area (Å²) in [4.78, 5) is 34.1. The van der Waals surface area contributed by atoms with Gasteiger partial charge in [-0.1, -0.05) is 25.1 Å². The van der Waals surface area contributed by atoms with E-state index in [1.807, 2.05) is 19.1 Å². The van der Waals surface area contributed by atoms with E-state index in [9.17, 15) is 14.7 Å². The maximum Gasteiger partial charge on any atom is 0.332 e. The lowest BCUT2D eigenvalue weighted by molar-refractivity contribution is -0.378. The number of H-pyrrole nitrogens is 2. The predicted octanol–water partition coefficient (Wildman–Crippen LogP) is 0.813. The van der Waals surface area contributed by atoms with Crippen LogP contribution in [0, 0.1) is 0 Å². The highest BCUT2D eigenvalue weighted by molar-refractivity contribution is 6.01. The SMILES string of the molecule is CCC(=NCc1ccc[nH+]c1)c1c([O-])n(-c2ccccc2)c(=O)[nH]c1=O. The summed E-state index contributed by atoms with van der Waals surface area (Å²) in [7, 11) is 0. The average molecular weight is 350 g/mol. The highest BCUT2D eigenvalue weighted by Crippen LogP contribution is 2.15. The summed E-state index contributed by atoms with van der Waals surface area (Å²) in [5, 5.41) is 12.9. The zero-order valence-corrected chi connectivity index (χ0v) is 14.2. The van der Waals surface area contributed by atoms with Crippen LogP contribution in [0.3, 0.4) is 0 Å². The van der Waals surface area contributed by atoms with Crippen molar-refractivity contribution >= 4 is 5.71 Å². The Bertz CT molecular complexity index is 1040. The highest BCUT2D eigenvalue weighted by Gasteiger charge is 2.14. The van der Waals surface area contributed by atoms with Crippen molar-refractivity contribution in [1.29, 1.82) is 0 Å². The second-order valence-electron chi connectivity index (χ2n) is 5.64. The summed E-state index contributed by atoms with van der Waals surface area (Å²) in [6, 6.07) is 12.2. The summed E-state index contributed by atoms with van der Waals surface area (Å²) < 4.78 is 0.957. The summed E-state index contributed by atoms with van der Waals surface area (Å²) in [6.07, 6.45) is 3.97. The quantitative estimate of drug-likeness (QED) is 0.689. The fourth-order valence-electron chi connectivity index (χ4n) is 2.67. The van der Waals surface area contributed by atoms with E-state index in [2.05, 4.69) is 15.0 Å². The molecule has 0 radical (unpaired) electrons. The molecule has 0 aliphatic carbocycles. The van der Waals surface area contributed by atoms with Crippen molar-refractivity contribution in [2.75, 3.05) is 0 Å². The number of aromatic amines is 2. The lowest BCUT2D eigenvalue weighted by Gasteiger charge is -2.20. The third-order valence-electron chi connectivity index (χ3n) is 3.93. The Morgan fingerprint density at radius 1 is 1.19 bits per heavy atom. The van der Waals surface area contributed by atoms with Crippen LogP contribution in [0.2, 0.25) is 0 Å². The molecule has 0 bridgehead atoms. The summed E-state index contributed by atoms with van der Waals surface area (Å²) in [5.41, 5.74) is 0.0999. The first-order chi connectivity index (χ1) is 12.6. The first kappa shape index (κ1) is 17.3. The molecular weight excluding hydrogens is 332 g/mol. The van der Waals surface area contributed by atoms with Crippen LogP contribution in [-0.4, -0.2) is 15.3 Å². The van der Waals surface area contributed by atoms with Gasteiger partial charge in [0.25, 0.3) is 5.56 Å². The molecule has 2 heterocycles. The second kappa shape index (κ2) is 7.60. The van der Waals surface area contributed by atoms with Crippen LogP contribution in [0.25, 0.3) is 5.69 Å². The predicted molar refractivity (Wildman–Crippen MR) is 95.6 cm³/mol. The third-order valence-corrected chi connectivity index (χ3v) is 3.93. The monoisotopic (exact) mass is 350 g/mol. The van der Waals surface area contributed by atoms with Crippen molar-refractivity contribution < 1.29 is 10.1 Å². The average Bonchev–Trinajstić information content (AvgIpc) is 2.65. The van der Waals surface area contributed by atoms with Gasteiger partial charge in [-0.3, -0.25) is 19.3 Å². The smallest absolute Gasteiger partial charge is 0.332 e. The van der Waals surface area contributed by atoms with Crippen molar-refractivity contribution in [2.24, 2.45) is 4.99 Å². The van der Waals surface area contributed by atoms with E-state index in [1.165, 1.54) is 0 Å². The molecule has 2 N–H and O–H groups in total. The van der Waals surface area contributed by atoms with Gasteiger partial charge in [-0.25, -0.2) is 9.78 Å². The molecule has 0 aliphatic rings. The number of para-hydroxylation sites is 1. The van der Waals surface area contributed by atoms with Gasteiger partial charge in [0, 0.05) is 23.0 Å². The first-order valence-corrected chi connectivity index (χ1v) is 8.22. The Morgan fingerprint density at radius 3 is 2.62 bits per heavy atom. The Labute approximate surface area is 149 Å². The second-order valence-corrected chi connectivity index (χ2v) is 5.64. The Kier molecular flexibility index (Phi) is 5.07. The molecule has 0 atom stereocenters. The van der Waals surface area contributed by atoms with Gasteiger partial charge >= 0.3 is 5.69 Å².